The van der Waals surface area contributed by atoms with Crippen LogP contribution in [-0.4, -0.2) is 34.5 Å². The molecule has 578 valence electrons. The predicted molar refractivity (Wildman–Crippen MR) is 499 cm³/mol. The fourth-order valence-electron chi connectivity index (χ4n) is 20.5. The van der Waals surface area contributed by atoms with E-state index in [1.54, 1.807) is 0 Å². The van der Waals surface area contributed by atoms with Gasteiger partial charge in [-0.25, -0.2) is 14.5 Å². The van der Waals surface area contributed by atoms with Crippen molar-refractivity contribution < 1.29 is 19.4 Å². The molecule has 0 spiro atoms. The van der Waals surface area contributed by atoms with Gasteiger partial charge in [0.25, 0.3) is 17.5 Å². The number of aryl methyl sites for hydroxylation is 1. The standard InChI is InChI=1S/C57H39N6.C54H41N5/c1-59-52-28-16-17-29-53(52)63(43-24-12-5-13-25-43)57(59)39-31-35-50-47(37-39)45-33-32-44-46-36-38(56-58-48-26-14-15-27-51(48)62(56)42-22-10-4-11-23-42)30-34-49(46)60(40-18-6-2-7-19-40)54(44)55(45)61(50)41-20-8-3-9-21-41;1-54(2)44-21-11-10-20-40(44)41-33-43-42-32-36(53-56(3)49-24-14-15-25-50(49)59(53)38-18-8-5-9-19-38)28-31-47(42)57(51(43)34-45(41)54)39-29-26-35(27-30-39)52-55-46-22-12-13-23-48(46)58(52)37-16-6-4-7-17-37/h2-37H,1H3;4-34,53H,1-3H3/q+1;/p+3. The number of nitrogens with zero attached hydrogens (tertiary/aromatic N) is 8. The summed E-state index contributed by atoms with van der Waals surface area (Å²) in [7, 11) is 4.49. The van der Waals surface area contributed by atoms with Crippen molar-refractivity contribution in [1.29, 1.82) is 0 Å². The molecule has 0 amide bonds. The van der Waals surface area contributed by atoms with Gasteiger partial charge in [0.05, 0.1) is 63.9 Å². The minimum absolute atomic E-state index is 0.0681. The number of benzene rings is 17. The van der Waals surface area contributed by atoms with Crippen LogP contribution in [-0.2, 0) is 12.5 Å². The summed E-state index contributed by atoms with van der Waals surface area (Å²) in [5, 5.41) is 7.32. The maximum Gasteiger partial charge on any atom is 0.294 e. The minimum Gasteiger partial charge on any atom is -0.309 e. The smallest absolute Gasteiger partial charge is 0.294 e. The van der Waals surface area contributed by atoms with Crippen LogP contribution in [0.5, 0.6) is 0 Å². The molecule has 0 saturated carbocycles. The van der Waals surface area contributed by atoms with Gasteiger partial charge in [-0.15, -0.1) is 0 Å². The van der Waals surface area contributed by atoms with Gasteiger partial charge in [0.2, 0.25) is 0 Å². The molecule has 0 fully saturated rings. The molecule has 2 aliphatic rings. The number of imidazole rings is 3. The van der Waals surface area contributed by atoms with Gasteiger partial charge in [-0.2, -0.15) is 13.7 Å². The number of fused-ring (bicyclic) bond motifs is 17. The fraction of sp³-hybridized carbons (Fsp3) is 0.0541. The summed E-state index contributed by atoms with van der Waals surface area (Å²) in [6.45, 7) is 4.75. The Bertz CT molecular complexity index is 8110. The predicted octanol–water partition coefficient (Wildman–Crippen LogP) is 24.3. The highest BCUT2D eigenvalue weighted by molar-refractivity contribution is 6.24. The number of para-hydroxylation sites is 14. The molecule has 3 N–H and O–H groups in total. The number of aromatic amines is 2. The average Bonchev–Trinajstić information content (AvgIpc) is 1.58. The lowest BCUT2D eigenvalue weighted by molar-refractivity contribution is -0.837. The molecule has 2 unspecified atom stereocenters. The van der Waals surface area contributed by atoms with Crippen LogP contribution < -0.4 is 24.3 Å². The van der Waals surface area contributed by atoms with E-state index in [9.17, 15) is 0 Å². The fourth-order valence-corrected chi connectivity index (χ4v) is 20.5. The summed E-state index contributed by atoms with van der Waals surface area (Å²) in [5.41, 5.74) is 34.4. The zero-order valence-corrected chi connectivity index (χ0v) is 67.8. The molecule has 1 aliphatic carbocycles. The summed E-state index contributed by atoms with van der Waals surface area (Å²) < 4.78 is 16.8. The van der Waals surface area contributed by atoms with E-state index in [-0.39, 0.29) is 11.6 Å². The van der Waals surface area contributed by atoms with Crippen molar-refractivity contribution in [2.75, 3.05) is 11.9 Å². The Morgan fingerprint density at radius 1 is 0.295 bits per heavy atom. The molecule has 122 heavy (non-hydrogen) atoms. The zero-order valence-electron chi connectivity index (χ0n) is 67.8. The molecule has 7 heterocycles. The minimum atomic E-state index is -0.116. The van der Waals surface area contributed by atoms with Crippen LogP contribution in [0.3, 0.4) is 0 Å². The Labute approximate surface area is 704 Å². The first-order valence-electron chi connectivity index (χ1n) is 42.2. The van der Waals surface area contributed by atoms with Crippen molar-refractivity contribution >= 4 is 116 Å². The maximum absolute atomic E-state index is 3.80. The molecule has 6 aromatic heterocycles. The molecule has 17 aromatic carbocycles. The largest absolute Gasteiger partial charge is 0.309 e. The van der Waals surface area contributed by atoms with E-state index in [0.29, 0.717) is 0 Å². The van der Waals surface area contributed by atoms with Crippen molar-refractivity contribution in [3.05, 3.63) is 423 Å². The SMILES string of the molecule is C[NH+]1c2ccccc2N(c2ccccc2)C1c1ccc2c(c1)c1cc3c(cc1n2-c1ccc(-c2[nH+]c4ccccc4n2-c2ccccc2)cc1)C(C)(C)c1ccccc1-3.C[n+]1c(-c2ccc3c(c2)c2ccc4c5cc(-c6[nH+]c7ccccc7n6-c6ccccc6)ccc5n(-c5ccccc5)c4c2n3-c2ccccc2)n(-c2ccccc2)c2ccccc21. The number of hydrogen-bond acceptors (Lipinski definition) is 1. The number of nitrogens with one attached hydrogen (secondary N) is 3. The zero-order chi connectivity index (χ0) is 81.0. The monoisotopic (exact) mass is 1570 g/mol. The van der Waals surface area contributed by atoms with Crippen LogP contribution >= 0.6 is 0 Å². The van der Waals surface area contributed by atoms with Crippen LogP contribution in [0.25, 0.3) is 178 Å². The highest BCUT2D eigenvalue weighted by atomic mass is 15.4. The highest BCUT2D eigenvalue weighted by Crippen LogP contribution is 2.53. The van der Waals surface area contributed by atoms with Crippen molar-refractivity contribution in [3.63, 3.8) is 0 Å². The molecule has 25 rings (SSSR count). The highest BCUT2D eigenvalue weighted by Gasteiger charge is 2.42. The van der Waals surface area contributed by atoms with E-state index in [1.807, 2.05) is 0 Å². The van der Waals surface area contributed by atoms with Crippen molar-refractivity contribution in [2.24, 2.45) is 7.05 Å². The topological polar surface area (TPSA) is 69.4 Å². The number of rotatable bonds is 11. The van der Waals surface area contributed by atoms with Crippen molar-refractivity contribution in [1.82, 2.24) is 27.4 Å². The average molecular weight is 1570 g/mol. The van der Waals surface area contributed by atoms with Crippen LogP contribution in [0, 0.1) is 0 Å². The lowest BCUT2D eigenvalue weighted by Crippen LogP contribution is -3.04. The molecule has 0 radical (unpaired) electrons. The lowest BCUT2D eigenvalue weighted by atomic mass is 9.82. The molecular formula is C111H83N11+4. The number of hydrogen-bond donors (Lipinski definition) is 1. The summed E-state index contributed by atoms with van der Waals surface area (Å²) >= 11 is 0. The Hall–Kier alpha value is -15.7. The van der Waals surface area contributed by atoms with E-state index in [1.165, 1.54) is 115 Å². The first-order chi connectivity index (χ1) is 60.2. The van der Waals surface area contributed by atoms with E-state index in [4.69, 9.17) is 0 Å². The van der Waals surface area contributed by atoms with Gasteiger partial charge in [0.1, 0.15) is 22.7 Å². The Balaban J connectivity index is 0.000000138. The number of H-pyrrole nitrogens is 2. The van der Waals surface area contributed by atoms with E-state index in [0.717, 1.165) is 101 Å². The normalized spacial score (nSPS) is 14.1. The van der Waals surface area contributed by atoms with E-state index < -0.39 is 0 Å². The number of aromatic nitrogens is 9. The molecule has 11 nitrogen and oxygen atoms in total. The first kappa shape index (κ1) is 70.5. The lowest BCUT2D eigenvalue weighted by Gasteiger charge is -2.27. The Morgan fingerprint density at radius 3 is 1.31 bits per heavy atom. The first-order valence-corrected chi connectivity index (χ1v) is 42.2. The third-order valence-electron chi connectivity index (χ3n) is 26.0. The van der Waals surface area contributed by atoms with Gasteiger partial charge in [0, 0.05) is 72.1 Å². The Morgan fingerprint density at radius 2 is 0.721 bits per heavy atom. The van der Waals surface area contributed by atoms with Crippen LogP contribution in [0.15, 0.2) is 406 Å². The van der Waals surface area contributed by atoms with Gasteiger partial charge in [0.15, 0.2) is 45.0 Å². The van der Waals surface area contributed by atoms with Gasteiger partial charge in [-0.3, -0.25) is 9.80 Å². The number of anilines is 2. The second kappa shape index (κ2) is 27.7. The Kier molecular flexibility index (Phi) is 16.0. The molecular weight excluding hydrogens is 1490 g/mol. The maximum atomic E-state index is 3.80. The van der Waals surface area contributed by atoms with Crippen LogP contribution in [0.2, 0.25) is 0 Å². The van der Waals surface area contributed by atoms with E-state index in [2.05, 4.69) is 481 Å². The summed E-state index contributed by atoms with van der Waals surface area (Å²) in [4.78, 5) is 11.4. The third kappa shape index (κ3) is 10.8. The van der Waals surface area contributed by atoms with Gasteiger partial charge in [-0.05, 0) is 229 Å². The van der Waals surface area contributed by atoms with Crippen molar-refractivity contribution in [3.8, 4) is 79.4 Å². The van der Waals surface area contributed by atoms with Gasteiger partial charge >= 0.3 is 0 Å². The molecule has 1 aliphatic heterocycles. The van der Waals surface area contributed by atoms with Crippen LogP contribution in [0.4, 0.5) is 17.1 Å². The van der Waals surface area contributed by atoms with Crippen molar-refractivity contribution in [2.45, 2.75) is 25.4 Å². The molecule has 11 heteroatoms. The second-order valence-corrected chi connectivity index (χ2v) is 33.1. The van der Waals surface area contributed by atoms with Gasteiger partial charge in [-0.1, -0.05) is 208 Å². The van der Waals surface area contributed by atoms with Gasteiger partial charge < -0.3 is 13.7 Å². The summed E-state index contributed by atoms with van der Waals surface area (Å²) in [6.07, 6.45) is 0.0681. The summed E-state index contributed by atoms with van der Waals surface area (Å²) in [5.74, 6) is 3.22. The van der Waals surface area contributed by atoms with Crippen LogP contribution in [0.1, 0.15) is 36.7 Å². The quantitative estimate of drug-likeness (QED) is 0.129. The van der Waals surface area contributed by atoms with E-state index >= 15 is 0 Å². The third-order valence-corrected chi connectivity index (χ3v) is 26.0. The molecule has 0 saturated heterocycles. The molecule has 2 atom stereocenters. The molecule has 0 bridgehead atoms. The molecule has 23 aromatic rings. The second-order valence-electron chi connectivity index (χ2n) is 33.1. The summed E-state index contributed by atoms with van der Waals surface area (Å²) in [6, 6.07) is 148. The number of quaternary nitrogens is 1.